The third-order valence-corrected chi connectivity index (χ3v) is 6.22. The first kappa shape index (κ1) is 20.1. The summed E-state index contributed by atoms with van der Waals surface area (Å²) in [5.41, 5.74) is 3.87. The molecule has 0 atom stereocenters. The van der Waals surface area contributed by atoms with E-state index in [0.717, 1.165) is 27.6 Å². The summed E-state index contributed by atoms with van der Waals surface area (Å²) in [5.74, 6) is 1.22. The molecule has 0 fully saturated rings. The molecule has 162 valence electrons. The number of aromatic amines is 1. The van der Waals surface area contributed by atoms with Crippen molar-refractivity contribution in [3.63, 3.8) is 0 Å². The van der Waals surface area contributed by atoms with Crippen molar-refractivity contribution in [3.8, 4) is 45.7 Å². The highest BCUT2D eigenvalue weighted by Crippen LogP contribution is 2.38. The highest BCUT2D eigenvalue weighted by Gasteiger charge is 2.25. The molecule has 8 nitrogen and oxygen atoms in total. The molecule has 9 heteroatoms. The summed E-state index contributed by atoms with van der Waals surface area (Å²) < 4.78 is 13.1. The van der Waals surface area contributed by atoms with Crippen molar-refractivity contribution in [1.29, 1.82) is 0 Å². The van der Waals surface area contributed by atoms with E-state index in [-0.39, 0.29) is 5.76 Å². The second-order valence-corrected chi connectivity index (χ2v) is 8.31. The number of aromatic nitrogens is 4. The van der Waals surface area contributed by atoms with Gasteiger partial charge in [0.25, 0.3) is 0 Å². The van der Waals surface area contributed by atoms with E-state index >= 15 is 0 Å². The highest BCUT2D eigenvalue weighted by atomic mass is 32.1. The SMILES string of the molecule is COc1ccc(-c2nc(-c3c(C)nc4scc(C)n34)[nH]c2-c2oc(C)cc(=O)c2O)cc1. The van der Waals surface area contributed by atoms with Gasteiger partial charge in [0.15, 0.2) is 16.5 Å². The van der Waals surface area contributed by atoms with Gasteiger partial charge in [0.2, 0.25) is 11.2 Å². The van der Waals surface area contributed by atoms with Gasteiger partial charge in [0, 0.05) is 22.7 Å². The second kappa shape index (κ2) is 7.38. The van der Waals surface area contributed by atoms with E-state index in [2.05, 4.69) is 9.97 Å². The van der Waals surface area contributed by atoms with E-state index in [1.165, 1.54) is 6.07 Å². The van der Waals surface area contributed by atoms with Gasteiger partial charge in [-0.3, -0.25) is 9.20 Å². The standard InChI is InChI=1S/C23H20N4O4S/c1-11-10-32-23-24-13(3)19(27(11)23)22-25-17(14-5-7-15(30-4)8-6-14)18(26-22)21-20(29)16(28)9-12(2)31-21/h5-10,29H,1-4H3,(H,25,26). The Kier molecular flexibility index (Phi) is 4.63. The lowest BCUT2D eigenvalue weighted by atomic mass is 10.1. The van der Waals surface area contributed by atoms with Crippen LogP contribution in [-0.4, -0.2) is 31.6 Å². The first-order valence-corrected chi connectivity index (χ1v) is 10.8. The largest absolute Gasteiger partial charge is 0.501 e. The number of aromatic hydroxyl groups is 1. The van der Waals surface area contributed by atoms with Gasteiger partial charge in [0.05, 0.1) is 12.8 Å². The van der Waals surface area contributed by atoms with Crippen LogP contribution in [0.4, 0.5) is 0 Å². The molecule has 0 aliphatic carbocycles. The number of H-pyrrole nitrogens is 1. The fourth-order valence-electron chi connectivity index (χ4n) is 3.76. The summed E-state index contributed by atoms with van der Waals surface area (Å²) >= 11 is 1.55. The maximum absolute atomic E-state index is 12.3. The van der Waals surface area contributed by atoms with Crippen molar-refractivity contribution in [2.45, 2.75) is 20.8 Å². The zero-order valence-corrected chi connectivity index (χ0v) is 18.7. The number of nitrogens with zero attached hydrogens (tertiary/aromatic N) is 3. The van der Waals surface area contributed by atoms with Gasteiger partial charge >= 0.3 is 0 Å². The number of methoxy groups -OCH3 is 1. The topological polar surface area (TPSA) is 106 Å². The Morgan fingerprint density at radius 3 is 2.62 bits per heavy atom. The minimum Gasteiger partial charge on any atom is -0.501 e. The Labute approximate surface area is 186 Å². The number of fused-ring (bicyclic) bond motifs is 1. The van der Waals surface area contributed by atoms with Crippen molar-refractivity contribution >= 4 is 16.3 Å². The first-order valence-electron chi connectivity index (χ1n) is 9.89. The van der Waals surface area contributed by atoms with Crippen LogP contribution in [0.1, 0.15) is 17.1 Å². The second-order valence-electron chi connectivity index (χ2n) is 7.48. The lowest BCUT2D eigenvalue weighted by molar-refractivity contribution is 0.415. The van der Waals surface area contributed by atoms with Crippen LogP contribution in [0.5, 0.6) is 11.5 Å². The molecular formula is C23H20N4O4S. The van der Waals surface area contributed by atoms with Gasteiger partial charge in [-0.1, -0.05) is 0 Å². The predicted molar refractivity (Wildman–Crippen MR) is 122 cm³/mol. The van der Waals surface area contributed by atoms with Crippen LogP contribution in [0.2, 0.25) is 0 Å². The Hall–Kier alpha value is -3.85. The molecule has 0 saturated heterocycles. The van der Waals surface area contributed by atoms with E-state index in [1.54, 1.807) is 25.4 Å². The van der Waals surface area contributed by atoms with E-state index in [9.17, 15) is 9.90 Å². The quantitative estimate of drug-likeness (QED) is 0.412. The molecule has 0 radical (unpaired) electrons. The molecule has 0 aliphatic rings. The highest BCUT2D eigenvalue weighted by molar-refractivity contribution is 7.15. The molecule has 0 bridgehead atoms. The number of aryl methyl sites for hydroxylation is 3. The van der Waals surface area contributed by atoms with Crippen LogP contribution < -0.4 is 10.2 Å². The normalized spacial score (nSPS) is 11.4. The number of hydrogen-bond donors (Lipinski definition) is 2. The summed E-state index contributed by atoms with van der Waals surface area (Å²) in [6, 6.07) is 8.63. The first-order chi connectivity index (χ1) is 15.4. The number of hydrogen-bond acceptors (Lipinski definition) is 7. The molecule has 4 heterocycles. The van der Waals surface area contributed by atoms with Crippen LogP contribution >= 0.6 is 11.3 Å². The van der Waals surface area contributed by atoms with Crippen LogP contribution in [-0.2, 0) is 0 Å². The molecular weight excluding hydrogens is 428 g/mol. The number of benzene rings is 1. The van der Waals surface area contributed by atoms with E-state index in [4.69, 9.17) is 14.1 Å². The van der Waals surface area contributed by atoms with E-state index < -0.39 is 11.2 Å². The van der Waals surface area contributed by atoms with Crippen molar-refractivity contribution in [2.75, 3.05) is 7.11 Å². The Balaban J connectivity index is 1.80. The van der Waals surface area contributed by atoms with Crippen molar-refractivity contribution in [3.05, 3.63) is 63.1 Å². The molecule has 1 aromatic carbocycles. The van der Waals surface area contributed by atoms with E-state index in [1.807, 2.05) is 47.9 Å². The fraction of sp³-hybridized carbons (Fsp3) is 0.174. The van der Waals surface area contributed by atoms with Gasteiger partial charge in [-0.05, 0) is 45.0 Å². The zero-order chi connectivity index (χ0) is 22.6. The van der Waals surface area contributed by atoms with Gasteiger partial charge < -0.3 is 19.2 Å². The number of thiazole rings is 1. The molecule has 0 amide bonds. The molecule has 0 saturated carbocycles. The summed E-state index contributed by atoms with van der Waals surface area (Å²) in [5, 5.41) is 12.5. The lowest BCUT2D eigenvalue weighted by Gasteiger charge is -2.06. The van der Waals surface area contributed by atoms with Gasteiger partial charge in [-0.15, -0.1) is 11.3 Å². The minimum absolute atomic E-state index is 0.0417. The molecule has 32 heavy (non-hydrogen) atoms. The third-order valence-electron chi connectivity index (χ3n) is 5.27. The van der Waals surface area contributed by atoms with Crippen LogP contribution in [0.15, 0.2) is 44.9 Å². The molecule has 4 aromatic heterocycles. The Morgan fingerprint density at radius 2 is 1.91 bits per heavy atom. The smallest absolute Gasteiger partial charge is 0.227 e. The van der Waals surface area contributed by atoms with Crippen LogP contribution in [0.25, 0.3) is 39.2 Å². The minimum atomic E-state index is -0.516. The average molecular weight is 449 g/mol. The summed E-state index contributed by atoms with van der Waals surface area (Å²) in [6.45, 7) is 5.59. The summed E-state index contributed by atoms with van der Waals surface area (Å²) in [4.78, 5) is 25.9. The molecule has 2 N–H and O–H groups in total. The maximum Gasteiger partial charge on any atom is 0.227 e. The molecule has 0 unspecified atom stereocenters. The third kappa shape index (κ3) is 3.09. The van der Waals surface area contributed by atoms with Crippen LogP contribution in [0.3, 0.4) is 0 Å². The molecule has 5 rings (SSSR count). The van der Waals surface area contributed by atoms with Crippen molar-refractivity contribution < 1.29 is 14.3 Å². The summed E-state index contributed by atoms with van der Waals surface area (Å²) in [7, 11) is 1.60. The maximum atomic E-state index is 12.3. The fourth-order valence-corrected chi connectivity index (χ4v) is 4.67. The van der Waals surface area contributed by atoms with Gasteiger partial charge in [0.1, 0.15) is 28.6 Å². The van der Waals surface area contributed by atoms with Crippen molar-refractivity contribution in [2.24, 2.45) is 0 Å². The number of rotatable bonds is 4. The number of imidazole rings is 2. The number of ether oxygens (including phenoxy) is 1. The molecule has 0 spiro atoms. The van der Waals surface area contributed by atoms with Gasteiger partial charge in [-0.25, -0.2) is 9.97 Å². The Morgan fingerprint density at radius 1 is 1.16 bits per heavy atom. The van der Waals surface area contributed by atoms with Gasteiger partial charge in [-0.2, -0.15) is 0 Å². The van der Waals surface area contributed by atoms with E-state index in [0.29, 0.717) is 28.7 Å². The predicted octanol–water partition coefficient (Wildman–Crippen LogP) is 4.71. The lowest BCUT2D eigenvalue weighted by Crippen LogP contribution is -2.01. The zero-order valence-electron chi connectivity index (χ0n) is 17.9. The molecule has 5 aromatic rings. The Bertz CT molecular complexity index is 1520. The monoisotopic (exact) mass is 448 g/mol. The number of nitrogens with one attached hydrogen (secondary N) is 1. The summed E-state index contributed by atoms with van der Waals surface area (Å²) in [6.07, 6.45) is 0. The van der Waals surface area contributed by atoms with Crippen LogP contribution in [0, 0.1) is 20.8 Å². The molecule has 0 aliphatic heterocycles. The average Bonchev–Trinajstić information content (AvgIpc) is 3.45. The van der Waals surface area contributed by atoms with Crippen molar-refractivity contribution in [1.82, 2.24) is 19.4 Å².